The molecule has 4 heterocycles. The molecule has 3 amide bonds. The minimum atomic E-state index is -1.11. The lowest BCUT2D eigenvalue weighted by atomic mass is 9.75. The summed E-state index contributed by atoms with van der Waals surface area (Å²) in [6.45, 7) is 4.34. The second-order valence-electron chi connectivity index (χ2n) is 8.30. The van der Waals surface area contributed by atoms with Crippen molar-refractivity contribution in [1.29, 1.82) is 0 Å². The van der Waals surface area contributed by atoms with Gasteiger partial charge in [0.1, 0.15) is 17.2 Å². The first kappa shape index (κ1) is 18.1. The highest BCUT2D eigenvalue weighted by atomic mass is 16.5. The molecule has 0 unspecified atom stereocenters. The second-order valence-corrected chi connectivity index (χ2v) is 8.30. The lowest BCUT2D eigenvalue weighted by molar-refractivity contribution is -0.153. The summed E-state index contributed by atoms with van der Waals surface area (Å²) in [6.07, 6.45) is 3.92. The van der Waals surface area contributed by atoms with E-state index in [2.05, 4.69) is 5.32 Å². The van der Waals surface area contributed by atoms with Gasteiger partial charge in [-0.25, -0.2) is 0 Å². The molecule has 7 heteroatoms. The van der Waals surface area contributed by atoms with Gasteiger partial charge in [0.25, 0.3) is 11.8 Å². The van der Waals surface area contributed by atoms with Crippen LogP contribution in [0.3, 0.4) is 0 Å². The number of carbonyl (C=O) groups excluding carboxylic acids is 3. The monoisotopic (exact) mass is 393 g/mol. The second kappa shape index (κ2) is 6.03. The molecule has 0 aliphatic carbocycles. The van der Waals surface area contributed by atoms with Crippen molar-refractivity contribution in [3.05, 3.63) is 53.3 Å². The molecule has 2 fully saturated rings. The molecule has 150 valence electrons. The third-order valence-electron chi connectivity index (χ3n) is 6.47. The van der Waals surface area contributed by atoms with E-state index in [1.165, 1.54) is 4.90 Å². The molecule has 0 saturated carbocycles. The van der Waals surface area contributed by atoms with Crippen molar-refractivity contribution in [3.63, 3.8) is 0 Å². The highest BCUT2D eigenvalue weighted by Gasteiger charge is 2.63. The van der Waals surface area contributed by atoms with Crippen LogP contribution in [0.2, 0.25) is 0 Å². The summed E-state index contributed by atoms with van der Waals surface area (Å²) in [4.78, 5) is 43.4. The summed E-state index contributed by atoms with van der Waals surface area (Å²) in [7, 11) is 1.57. The van der Waals surface area contributed by atoms with Crippen LogP contribution < -0.4 is 5.32 Å². The van der Waals surface area contributed by atoms with Crippen molar-refractivity contribution in [1.82, 2.24) is 9.80 Å². The number of amides is 3. The van der Waals surface area contributed by atoms with Crippen LogP contribution in [0.15, 0.2) is 47.7 Å². The van der Waals surface area contributed by atoms with E-state index in [9.17, 15) is 14.4 Å². The molecule has 29 heavy (non-hydrogen) atoms. The van der Waals surface area contributed by atoms with Gasteiger partial charge in [-0.1, -0.05) is 29.8 Å². The Labute approximate surface area is 169 Å². The van der Waals surface area contributed by atoms with Crippen LogP contribution in [0.5, 0.6) is 0 Å². The third-order valence-corrected chi connectivity index (χ3v) is 6.47. The van der Waals surface area contributed by atoms with Gasteiger partial charge in [-0.2, -0.15) is 0 Å². The van der Waals surface area contributed by atoms with Gasteiger partial charge >= 0.3 is 0 Å². The summed E-state index contributed by atoms with van der Waals surface area (Å²) < 4.78 is 5.50. The van der Waals surface area contributed by atoms with E-state index in [-0.39, 0.29) is 29.5 Å². The molecule has 1 spiro atoms. The minimum absolute atomic E-state index is 0.184. The lowest BCUT2D eigenvalue weighted by Crippen LogP contribution is -2.61. The topological polar surface area (TPSA) is 79.0 Å². The number of anilines is 1. The van der Waals surface area contributed by atoms with Crippen LogP contribution in [0, 0.1) is 0 Å². The fourth-order valence-electron chi connectivity index (χ4n) is 5.22. The Morgan fingerprint density at radius 1 is 1.24 bits per heavy atom. The van der Waals surface area contributed by atoms with Crippen molar-refractivity contribution in [2.24, 2.45) is 0 Å². The molecule has 0 aromatic heterocycles. The number of hydrogen-bond donors (Lipinski definition) is 1. The number of nitrogens with zero attached hydrogens (tertiary/aromatic N) is 2. The quantitative estimate of drug-likeness (QED) is 0.774. The van der Waals surface area contributed by atoms with Gasteiger partial charge in [0.2, 0.25) is 5.91 Å². The number of carbonyl (C=O) groups is 3. The summed E-state index contributed by atoms with van der Waals surface area (Å²) in [5, 5.41) is 2.94. The molecule has 4 atom stereocenters. The van der Waals surface area contributed by atoms with Crippen LogP contribution >= 0.6 is 0 Å². The van der Waals surface area contributed by atoms with E-state index in [0.29, 0.717) is 13.0 Å². The van der Waals surface area contributed by atoms with Crippen LogP contribution in [0.1, 0.15) is 25.8 Å². The van der Waals surface area contributed by atoms with Gasteiger partial charge < -0.3 is 15.0 Å². The summed E-state index contributed by atoms with van der Waals surface area (Å²) in [5.74, 6) is -0.612. The SMILES string of the molecule is CO[C@@H]1CCN2C(=O)C3=C[C@]4(C(=O)Nc5ccccc54)[C@@H](C=C(C)C)N3C(=O)[C@@H]12. The van der Waals surface area contributed by atoms with Crippen LogP contribution in [-0.4, -0.2) is 59.4 Å². The van der Waals surface area contributed by atoms with Crippen molar-refractivity contribution in [2.45, 2.75) is 43.9 Å². The number of ether oxygens (including phenoxy) is 1. The number of para-hydroxylation sites is 1. The molecular formula is C22H23N3O4. The van der Waals surface area contributed by atoms with E-state index in [0.717, 1.165) is 16.8 Å². The zero-order valence-electron chi connectivity index (χ0n) is 16.6. The zero-order chi connectivity index (χ0) is 20.5. The number of methoxy groups -OCH3 is 1. The van der Waals surface area contributed by atoms with E-state index in [4.69, 9.17) is 4.74 Å². The van der Waals surface area contributed by atoms with Crippen LogP contribution in [-0.2, 0) is 24.5 Å². The van der Waals surface area contributed by atoms with Gasteiger partial charge in [-0.05, 0) is 38.0 Å². The average Bonchev–Trinajstić information content (AvgIpc) is 3.34. The van der Waals surface area contributed by atoms with E-state index < -0.39 is 17.5 Å². The third kappa shape index (κ3) is 2.19. The highest BCUT2D eigenvalue weighted by Crippen LogP contribution is 2.51. The van der Waals surface area contributed by atoms with Gasteiger partial charge in [0.05, 0.1) is 12.1 Å². The van der Waals surface area contributed by atoms with Gasteiger partial charge in [-0.3, -0.25) is 19.3 Å². The van der Waals surface area contributed by atoms with Crippen molar-refractivity contribution < 1.29 is 19.1 Å². The number of allylic oxidation sites excluding steroid dienone is 1. The average molecular weight is 393 g/mol. The Morgan fingerprint density at radius 3 is 2.72 bits per heavy atom. The zero-order valence-corrected chi connectivity index (χ0v) is 16.6. The van der Waals surface area contributed by atoms with Crippen molar-refractivity contribution >= 4 is 23.4 Å². The molecule has 4 aliphatic rings. The van der Waals surface area contributed by atoms with Gasteiger partial charge in [-0.15, -0.1) is 0 Å². The predicted molar refractivity (Wildman–Crippen MR) is 106 cm³/mol. The Kier molecular flexibility index (Phi) is 3.77. The normalized spacial score (nSPS) is 32.2. The van der Waals surface area contributed by atoms with Crippen LogP contribution in [0.25, 0.3) is 0 Å². The number of hydrogen-bond acceptors (Lipinski definition) is 4. The van der Waals surface area contributed by atoms with Crippen LogP contribution in [0.4, 0.5) is 5.69 Å². The summed E-state index contributed by atoms with van der Waals surface area (Å²) in [5.41, 5.74) is 1.66. The van der Waals surface area contributed by atoms with E-state index in [1.54, 1.807) is 18.1 Å². The number of fused-ring (bicyclic) bond motifs is 4. The Balaban J connectivity index is 1.72. The van der Waals surface area contributed by atoms with E-state index >= 15 is 0 Å². The van der Waals surface area contributed by atoms with Crippen molar-refractivity contribution in [3.8, 4) is 0 Å². The van der Waals surface area contributed by atoms with Gasteiger partial charge in [0.15, 0.2) is 0 Å². The molecular weight excluding hydrogens is 370 g/mol. The fourth-order valence-corrected chi connectivity index (χ4v) is 5.22. The maximum absolute atomic E-state index is 13.6. The molecule has 2 saturated heterocycles. The summed E-state index contributed by atoms with van der Waals surface area (Å²) >= 11 is 0. The number of piperazine rings is 1. The number of rotatable bonds is 2. The fraction of sp³-hybridized carbons (Fsp3) is 0.409. The molecule has 5 rings (SSSR count). The molecule has 0 bridgehead atoms. The standard InChI is InChI=1S/C22H23N3O4/c1-12(2)10-17-22(13-6-4-5-7-14(13)23-21(22)28)11-15-19(26)24-9-8-16(29-3)18(24)20(27)25(15)17/h4-7,10-11,16-18H,8-9H2,1-3H3,(H,23,28)/t16-,17-,18-,22-/m1/s1. The Morgan fingerprint density at radius 2 is 2.00 bits per heavy atom. The molecule has 0 radical (unpaired) electrons. The number of nitrogens with one attached hydrogen (secondary N) is 1. The minimum Gasteiger partial charge on any atom is -0.379 e. The molecule has 1 aromatic carbocycles. The van der Waals surface area contributed by atoms with Gasteiger partial charge in [0, 0.05) is 19.3 Å². The Hall–Kier alpha value is -2.93. The molecule has 1 aromatic rings. The Bertz CT molecular complexity index is 1010. The van der Waals surface area contributed by atoms with E-state index in [1.807, 2.05) is 44.2 Å². The first-order valence-corrected chi connectivity index (χ1v) is 9.86. The first-order chi connectivity index (χ1) is 13.9. The maximum Gasteiger partial charge on any atom is 0.271 e. The summed E-state index contributed by atoms with van der Waals surface area (Å²) in [6, 6.07) is 6.23. The molecule has 1 N–H and O–H groups in total. The first-order valence-electron chi connectivity index (χ1n) is 9.86. The van der Waals surface area contributed by atoms with Crippen molar-refractivity contribution in [2.75, 3.05) is 19.0 Å². The lowest BCUT2D eigenvalue weighted by Gasteiger charge is -2.41. The molecule has 7 nitrogen and oxygen atoms in total. The number of benzene rings is 1. The highest BCUT2D eigenvalue weighted by molar-refractivity contribution is 6.14. The predicted octanol–water partition coefficient (Wildman–Crippen LogP) is 1.57. The molecule has 4 aliphatic heterocycles. The smallest absolute Gasteiger partial charge is 0.271 e. The largest absolute Gasteiger partial charge is 0.379 e. The maximum atomic E-state index is 13.6.